The molecule has 0 aromatic carbocycles. The second-order valence-electron chi connectivity index (χ2n) is 6.66. The second-order valence-corrected chi connectivity index (χ2v) is 6.66. The van der Waals surface area contributed by atoms with Crippen molar-refractivity contribution < 1.29 is 4.42 Å². The highest BCUT2D eigenvalue weighted by atomic mass is 16.4. The van der Waals surface area contributed by atoms with Gasteiger partial charge in [0.1, 0.15) is 0 Å². The first-order valence-corrected chi connectivity index (χ1v) is 7.17. The van der Waals surface area contributed by atoms with Crippen molar-refractivity contribution >= 4 is 0 Å². The summed E-state index contributed by atoms with van der Waals surface area (Å²) in [6.45, 7) is 10.4. The van der Waals surface area contributed by atoms with Crippen molar-refractivity contribution in [1.82, 2.24) is 20.4 Å². The molecule has 108 valence electrons. The number of hydrogen-bond acceptors (Lipinski definition) is 5. The Labute approximate surface area is 115 Å². The van der Waals surface area contributed by atoms with Crippen molar-refractivity contribution in [2.45, 2.75) is 45.6 Å². The van der Waals surface area contributed by atoms with Crippen molar-refractivity contribution in [3.63, 3.8) is 0 Å². The monoisotopic (exact) mass is 266 g/mol. The van der Waals surface area contributed by atoms with Crippen LogP contribution in [0.3, 0.4) is 0 Å². The maximum absolute atomic E-state index is 5.73. The van der Waals surface area contributed by atoms with E-state index in [2.05, 4.69) is 48.2 Å². The molecular formula is C14H26N4O. The summed E-state index contributed by atoms with van der Waals surface area (Å²) >= 11 is 0. The zero-order chi connectivity index (χ0) is 13.9. The first-order valence-electron chi connectivity index (χ1n) is 7.17. The van der Waals surface area contributed by atoms with Gasteiger partial charge in [0.15, 0.2) is 0 Å². The lowest BCUT2D eigenvalue weighted by Crippen LogP contribution is -2.36. The van der Waals surface area contributed by atoms with Gasteiger partial charge < -0.3 is 9.73 Å². The van der Waals surface area contributed by atoms with Gasteiger partial charge in [0.25, 0.3) is 0 Å². The van der Waals surface area contributed by atoms with Crippen LogP contribution in [0.4, 0.5) is 0 Å². The SMILES string of the molecule is CN(Cc1nnc(C(C)(C)C)o1)CC1CCCNC1. The number of nitrogens with zero attached hydrogens (tertiary/aromatic N) is 3. The molecule has 5 nitrogen and oxygen atoms in total. The highest BCUT2D eigenvalue weighted by molar-refractivity contribution is 4.96. The van der Waals surface area contributed by atoms with E-state index in [0.29, 0.717) is 0 Å². The summed E-state index contributed by atoms with van der Waals surface area (Å²) in [6, 6.07) is 0. The fourth-order valence-electron chi connectivity index (χ4n) is 2.44. The summed E-state index contributed by atoms with van der Waals surface area (Å²) < 4.78 is 5.73. The molecule has 1 aliphatic rings. The van der Waals surface area contributed by atoms with Gasteiger partial charge in [-0.1, -0.05) is 20.8 Å². The minimum absolute atomic E-state index is 0.0723. The predicted molar refractivity (Wildman–Crippen MR) is 74.9 cm³/mol. The Bertz CT molecular complexity index is 390. The first-order chi connectivity index (χ1) is 8.95. The number of hydrogen-bond donors (Lipinski definition) is 1. The van der Waals surface area contributed by atoms with Crippen LogP contribution < -0.4 is 5.32 Å². The Kier molecular flexibility index (Phi) is 4.58. The minimum Gasteiger partial charge on any atom is -0.423 e. The van der Waals surface area contributed by atoms with Gasteiger partial charge in [0.05, 0.1) is 6.54 Å². The molecule has 0 spiro atoms. The van der Waals surface area contributed by atoms with E-state index in [-0.39, 0.29) is 5.41 Å². The maximum atomic E-state index is 5.73. The van der Waals surface area contributed by atoms with Gasteiger partial charge in [-0.3, -0.25) is 4.90 Å². The van der Waals surface area contributed by atoms with Crippen LogP contribution in [0.2, 0.25) is 0 Å². The van der Waals surface area contributed by atoms with Crippen LogP contribution in [-0.2, 0) is 12.0 Å². The molecular weight excluding hydrogens is 240 g/mol. The van der Waals surface area contributed by atoms with Gasteiger partial charge in [-0.15, -0.1) is 10.2 Å². The average Bonchev–Trinajstić information content (AvgIpc) is 2.78. The number of nitrogens with one attached hydrogen (secondary N) is 1. The van der Waals surface area contributed by atoms with Crippen LogP contribution in [0.5, 0.6) is 0 Å². The number of rotatable bonds is 4. The molecule has 1 fully saturated rings. The Morgan fingerprint density at radius 1 is 1.37 bits per heavy atom. The highest BCUT2D eigenvalue weighted by Crippen LogP contribution is 2.21. The van der Waals surface area contributed by atoms with Crippen LogP contribution in [0.25, 0.3) is 0 Å². The van der Waals surface area contributed by atoms with Gasteiger partial charge in [-0.05, 0) is 38.9 Å². The lowest BCUT2D eigenvalue weighted by Gasteiger charge is -2.26. The summed E-state index contributed by atoms with van der Waals surface area (Å²) in [5.41, 5.74) is -0.0723. The zero-order valence-electron chi connectivity index (χ0n) is 12.6. The molecule has 1 saturated heterocycles. The van der Waals surface area contributed by atoms with Gasteiger partial charge in [0.2, 0.25) is 11.8 Å². The van der Waals surface area contributed by atoms with E-state index in [4.69, 9.17) is 4.42 Å². The molecule has 2 rings (SSSR count). The van der Waals surface area contributed by atoms with Gasteiger partial charge in [-0.2, -0.15) is 0 Å². The molecule has 5 heteroatoms. The van der Waals surface area contributed by atoms with Crippen LogP contribution in [-0.4, -0.2) is 41.8 Å². The molecule has 0 aliphatic carbocycles. The average molecular weight is 266 g/mol. The summed E-state index contributed by atoms with van der Waals surface area (Å²) in [6.07, 6.45) is 2.60. The van der Waals surface area contributed by atoms with Gasteiger partial charge in [-0.25, -0.2) is 0 Å². The molecule has 0 radical (unpaired) electrons. The molecule has 0 bridgehead atoms. The van der Waals surface area contributed by atoms with E-state index in [1.165, 1.54) is 19.4 Å². The number of piperidine rings is 1. The van der Waals surface area contributed by atoms with Crippen molar-refractivity contribution in [3.8, 4) is 0 Å². The largest absolute Gasteiger partial charge is 0.423 e. The van der Waals surface area contributed by atoms with E-state index >= 15 is 0 Å². The lowest BCUT2D eigenvalue weighted by atomic mass is 9.97. The van der Waals surface area contributed by atoms with Crippen LogP contribution in [0.15, 0.2) is 4.42 Å². The molecule has 1 N–H and O–H groups in total. The summed E-state index contributed by atoms with van der Waals surface area (Å²) in [4.78, 5) is 2.28. The molecule has 1 unspecified atom stereocenters. The molecule has 1 aliphatic heterocycles. The molecule has 2 heterocycles. The number of aromatic nitrogens is 2. The van der Waals surface area contributed by atoms with E-state index < -0.39 is 0 Å². The lowest BCUT2D eigenvalue weighted by molar-refractivity contribution is 0.217. The maximum Gasteiger partial charge on any atom is 0.230 e. The zero-order valence-corrected chi connectivity index (χ0v) is 12.6. The van der Waals surface area contributed by atoms with E-state index in [0.717, 1.165) is 37.3 Å². The van der Waals surface area contributed by atoms with Crippen molar-refractivity contribution in [3.05, 3.63) is 11.8 Å². The minimum atomic E-state index is -0.0723. The Hall–Kier alpha value is -0.940. The van der Waals surface area contributed by atoms with Crippen LogP contribution in [0.1, 0.15) is 45.4 Å². The van der Waals surface area contributed by atoms with E-state index in [1.807, 2.05) is 0 Å². The standard InChI is InChI=1S/C14H26N4O/c1-14(2,3)13-17-16-12(19-13)10-18(4)9-11-6-5-7-15-8-11/h11,15H,5-10H2,1-4H3. The molecule has 0 amide bonds. The Morgan fingerprint density at radius 3 is 2.74 bits per heavy atom. The molecule has 1 aromatic heterocycles. The molecule has 0 saturated carbocycles. The quantitative estimate of drug-likeness (QED) is 0.900. The molecule has 1 aromatic rings. The molecule has 19 heavy (non-hydrogen) atoms. The topological polar surface area (TPSA) is 54.2 Å². The Balaban J connectivity index is 1.84. The fraction of sp³-hybridized carbons (Fsp3) is 0.857. The summed E-state index contributed by atoms with van der Waals surface area (Å²) in [5.74, 6) is 2.18. The second kappa shape index (κ2) is 6.01. The third-order valence-corrected chi connectivity index (χ3v) is 3.48. The summed E-state index contributed by atoms with van der Waals surface area (Å²) in [7, 11) is 2.12. The fourth-order valence-corrected chi connectivity index (χ4v) is 2.44. The van der Waals surface area contributed by atoms with Crippen molar-refractivity contribution in [2.24, 2.45) is 5.92 Å². The third-order valence-electron chi connectivity index (χ3n) is 3.48. The van der Waals surface area contributed by atoms with Crippen molar-refractivity contribution in [2.75, 3.05) is 26.7 Å². The van der Waals surface area contributed by atoms with E-state index in [9.17, 15) is 0 Å². The molecule has 1 atom stereocenters. The van der Waals surface area contributed by atoms with Gasteiger partial charge in [0, 0.05) is 12.0 Å². The normalized spacial score (nSPS) is 21.0. The predicted octanol–water partition coefficient (Wildman–Crippen LogP) is 1.80. The van der Waals surface area contributed by atoms with Crippen molar-refractivity contribution in [1.29, 1.82) is 0 Å². The van der Waals surface area contributed by atoms with Crippen LogP contribution >= 0.6 is 0 Å². The van der Waals surface area contributed by atoms with Crippen LogP contribution in [0, 0.1) is 5.92 Å². The summed E-state index contributed by atoms with van der Waals surface area (Å²) in [5, 5.41) is 11.7. The smallest absolute Gasteiger partial charge is 0.230 e. The van der Waals surface area contributed by atoms with E-state index in [1.54, 1.807) is 0 Å². The first kappa shape index (κ1) is 14.5. The Morgan fingerprint density at radius 2 is 2.16 bits per heavy atom. The highest BCUT2D eigenvalue weighted by Gasteiger charge is 2.22. The third kappa shape index (κ3) is 4.28. The van der Waals surface area contributed by atoms with Gasteiger partial charge >= 0.3 is 0 Å².